The highest BCUT2D eigenvalue weighted by Gasteiger charge is 2.12. The number of hydrogen-bond acceptors (Lipinski definition) is 4. The zero-order valence-electron chi connectivity index (χ0n) is 14.3. The van der Waals surface area contributed by atoms with Crippen LogP contribution in [-0.4, -0.2) is 35.5 Å². The predicted octanol–water partition coefficient (Wildman–Crippen LogP) is 2.74. The van der Waals surface area contributed by atoms with Crippen LogP contribution >= 0.6 is 0 Å². The van der Waals surface area contributed by atoms with Crippen molar-refractivity contribution in [3.63, 3.8) is 0 Å². The molecule has 0 aliphatic heterocycles. The van der Waals surface area contributed by atoms with Crippen LogP contribution in [0, 0.1) is 12.7 Å². The maximum Gasteiger partial charge on any atom is 0.270 e. The highest BCUT2D eigenvalue weighted by molar-refractivity contribution is 5.92. The molecule has 0 fully saturated rings. The molecule has 0 atom stereocenters. The number of aromatic nitrogens is 2. The number of hydrogen-bond donors (Lipinski definition) is 1. The first-order valence-corrected chi connectivity index (χ1v) is 8.16. The molecule has 1 aromatic heterocycles. The average molecular weight is 330 g/mol. The average Bonchev–Trinajstić information content (AvgIpc) is 2.57. The SMILES string of the molecule is CCN(CC)c1cc(C(=O)NCCc2ccc(F)cc2)nc(C)n1. The molecule has 1 amide bonds. The largest absolute Gasteiger partial charge is 0.357 e. The summed E-state index contributed by atoms with van der Waals surface area (Å²) in [6.45, 7) is 7.97. The van der Waals surface area contributed by atoms with E-state index in [1.807, 2.05) is 13.8 Å². The van der Waals surface area contributed by atoms with E-state index in [1.54, 1.807) is 25.1 Å². The number of nitrogens with zero attached hydrogens (tertiary/aromatic N) is 3. The van der Waals surface area contributed by atoms with Crippen LogP contribution in [0.5, 0.6) is 0 Å². The van der Waals surface area contributed by atoms with Crippen molar-refractivity contribution >= 4 is 11.7 Å². The number of amides is 1. The third-order valence-electron chi connectivity index (χ3n) is 3.76. The van der Waals surface area contributed by atoms with Gasteiger partial charge in [-0.3, -0.25) is 4.79 Å². The Hall–Kier alpha value is -2.50. The molecule has 2 rings (SSSR count). The summed E-state index contributed by atoms with van der Waals surface area (Å²) in [4.78, 5) is 23.0. The van der Waals surface area contributed by atoms with Crippen LogP contribution in [-0.2, 0) is 6.42 Å². The van der Waals surface area contributed by atoms with Crippen LogP contribution in [0.2, 0.25) is 0 Å². The van der Waals surface area contributed by atoms with Gasteiger partial charge in [-0.1, -0.05) is 12.1 Å². The standard InChI is InChI=1S/C18H23FN4O/c1-4-23(5-2)17-12-16(21-13(3)22-17)18(24)20-11-10-14-6-8-15(19)9-7-14/h6-9,12H,4-5,10-11H2,1-3H3,(H,20,24). The molecular formula is C18H23FN4O. The van der Waals surface area contributed by atoms with Crippen molar-refractivity contribution < 1.29 is 9.18 Å². The molecule has 0 radical (unpaired) electrons. The van der Waals surface area contributed by atoms with E-state index in [0.29, 0.717) is 24.5 Å². The van der Waals surface area contributed by atoms with Gasteiger partial charge in [0.25, 0.3) is 5.91 Å². The summed E-state index contributed by atoms with van der Waals surface area (Å²) in [5.41, 5.74) is 1.34. The van der Waals surface area contributed by atoms with Crippen molar-refractivity contribution in [3.8, 4) is 0 Å². The summed E-state index contributed by atoms with van der Waals surface area (Å²) in [5, 5.41) is 2.85. The van der Waals surface area contributed by atoms with Gasteiger partial charge in [-0.2, -0.15) is 0 Å². The normalized spacial score (nSPS) is 10.5. The van der Waals surface area contributed by atoms with Crippen molar-refractivity contribution in [1.29, 1.82) is 0 Å². The number of aryl methyl sites for hydroxylation is 1. The third-order valence-corrected chi connectivity index (χ3v) is 3.76. The molecule has 5 nitrogen and oxygen atoms in total. The Bertz CT molecular complexity index is 684. The summed E-state index contributed by atoms with van der Waals surface area (Å²) < 4.78 is 12.9. The summed E-state index contributed by atoms with van der Waals surface area (Å²) in [6, 6.07) is 7.99. The van der Waals surface area contributed by atoms with E-state index in [0.717, 1.165) is 24.5 Å². The summed E-state index contributed by atoms with van der Waals surface area (Å²) in [7, 11) is 0. The lowest BCUT2D eigenvalue weighted by Crippen LogP contribution is -2.28. The second-order valence-electron chi connectivity index (χ2n) is 5.46. The molecule has 0 saturated heterocycles. The van der Waals surface area contributed by atoms with Gasteiger partial charge in [-0.15, -0.1) is 0 Å². The Morgan fingerprint density at radius 1 is 1.17 bits per heavy atom. The van der Waals surface area contributed by atoms with Crippen LogP contribution in [0.15, 0.2) is 30.3 Å². The van der Waals surface area contributed by atoms with Gasteiger partial charge in [0.1, 0.15) is 23.2 Å². The first kappa shape index (κ1) is 17.8. The van der Waals surface area contributed by atoms with Crippen LogP contribution < -0.4 is 10.2 Å². The lowest BCUT2D eigenvalue weighted by molar-refractivity contribution is 0.0948. The highest BCUT2D eigenvalue weighted by Crippen LogP contribution is 2.12. The van der Waals surface area contributed by atoms with E-state index >= 15 is 0 Å². The molecule has 1 heterocycles. The minimum Gasteiger partial charge on any atom is -0.357 e. The maximum absolute atomic E-state index is 12.9. The summed E-state index contributed by atoms with van der Waals surface area (Å²) in [5.74, 6) is 0.846. The quantitative estimate of drug-likeness (QED) is 0.848. The van der Waals surface area contributed by atoms with Gasteiger partial charge in [-0.25, -0.2) is 14.4 Å². The van der Waals surface area contributed by atoms with Crippen LogP contribution in [0.25, 0.3) is 0 Å². The van der Waals surface area contributed by atoms with Gasteiger partial charge in [0.2, 0.25) is 0 Å². The second-order valence-corrected chi connectivity index (χ2v) is 5.46. The monoisotopic (exact) mass is 330 g/mol. The van der Waals surface area contributed by atoms with E-state index in [2.05, 4.69) is 20.2 Å². The van der Waals surface area contributed by atoms with Crippen LogP contribution in [0.1, 0.15) is 35.7 Å². The minimum atomic E-state index is -0.261. The molecule has 0 aliphatic rings. The fourth-order valence-electron chi connectivity index (χ4n) is 2.44. The molecular weight excluding hydrogens is 307 g/mol. The maximum atomic E-state index is 12.9. The molecule has 0 saturated carbocycles. The number of nitrogens with one attached hydrogen (secondary N) is 1. The Morgan fingerprint density at radius 2 is 1.83 bits per heavy atom. The number of rotatable bonds is 7. The van der Waals surface area contributed by atoms with Crippen LogP contribution in [0.3, 0.4) is 0 Å². The Morgan fingerprint density at radius 3 is 2.46 bits per heavy atom. The third kappa shape index (κ3) is 4.75. The molecule has 24 heavy (non-hydrogen) atoms. The Kier molecular flexibility index (Phi) is 6.23. The van der Waals surface area contributed by atoms with Gasteiger partial charge in [-0.05, 0) is 44.9 Å². The van der Waals surface area contributed by atoms with Gasteiger partial charge in [0, 0.05) is 25.7 Å². The fraction of sp³-hybridized carbons (Fsp3) is 0.389. The number of halogens is 1. The first-order chi connectivity index (χ1) is 11.5. The van der Waals surface area contributed by atoms with Crippen molar-refractivity contribution in [2.24, 2.45) is 0 Å². The molecule has 0 unspecified atom stereocenters. The predicted molar refractivity (Wildman–Crippen MR) is 92.8 cm³/mol. The lowest BCUT2D eigenvalue weighted by atomic mass is 10.1. The molecule has 1 N–H and O–H groups in total. The Balaban J connectivity index is 2.00. The number of carbonyl (C=O) groups excluding carboxylic acids is 1. The molecule has 1 aromatic carbocycles. The van der Waals surface area contributed by atoms with Gasteiger partial charge in [0.05, 0.1) is 0 Å². The van der Waals surface area contributed by atoms with E-state index in [9.17, 15) is 9.18 Å². The van der Waals surface area contributed by atoms with E-state index in [4.69, 9.17) is 0 Å². The number of anilines is 1. The van der Waals surface area contributed by atoms with E-state index < -0.39 is 0 Å². The highest BCUT2D eigenvalue weighted by atomic mass is 19.1. The van der Waals surface area contributed by atoms with E-state index in [1.165, 1.54) is 12.1 Å². The summed E-state index contributed by atoms with van der Waals surface area (Å²) >= 11 is 0. The smallest absolute Gasteiger partial charge is 0.270 e. The molecule has 128 valence electrons. The second kappa shape index (κ2) is 8.38. The molecule has 0 spiro atoms. The number of carbonyl (C=O) groups is 1. The lowest BCUT2D eigenvalue weighted by Gasteiger charge is -2.20. The van der Waals surface area contributed by atoms with Crippen LogP contribution in [0.4, 0.5) is 10.2 Å². The molecule has 0 aliphatic carbocycles. The topological polar surface area (TPSA) is 58.1 Å². The van der Waals surface area contributed by atoms with Gasteiger partial charge < -0.3 is 10.2 Å². The summed E-state index contributed by atoms with van der Waals surface area (Å²) in [6.07, 6.45) is 0.638. The van der Waals surface area contributed by atoms with Gasteiger partial charge >= 0.3 is 0 Å². The van der Waals surface area contributed by atoms with Crippen molar-refractivity contribution in [1.82, 2.24) is 15.3 Å². The zero-order chi connectivity index (χ0) is 17.5. The van der Waals surface area contributed by atoms with E-state index in [-0.39, 0.29) is 11.7 Å². The van der Waals surface area contributed by atoms with Crippen molar-refractivity contribution in [2.75, 3.05) is 24.5 Å². The molecule has 2 aromatic rings. The molecule has 0 bridgehead atoms. The Labute approximate surface area is 141 Å². The first-order valence-electron chi connectivity index (χ1n) is 8.16. The van der Waals surface area contributed by atoms with Gasteiger partial charge in [0.15, 0.2) is 0 Å². The van der Waals surface area contributed by atoms with Crippen molar-refractivity contribution in [2.45, 2.75) is 27.2 Å². The number of benzene rings is 1. The van der Waals surface area contributed by atoms with Crippen molar-refractivity contribution in [3.05, 3.63) is 53.2 Å². The zero-order valence-corrected chi connectivity index (χ0v) is 14.3. The fourth-order valence-corrected chi connectivity index (χ4v) is 2.44. The minimum absolute atomic E-state index is 0.226. The molecule has 6 heteroatoms.